The Morgan fingerprint density at radius 2 is 2.15 bits per heavy atom. The van der Waals surface area contributed by atoms with Crippen molar-refractivity contribution in [1.82, 2.24) is 10.3 Å². The standard InChI is InChI=1S/C15H23N3O2/c1-11-9-18(13-7-5-6-8-16-13)10-12(11)17-14(19)20-15(2,3)4/h5-8,11-12H,9-10H2,1-4H3,(H,17,19)/t11-,12?/m1/s1. The van der Waals surface area contributed by atoms with Gasteiger partial charge in [0.1, 0.15) is 11.4 Å². The molecule has 1 amide bonds. The third-order valence-corrected chi connectivity index (χ3v) is 3.29. The SMILES string of the molecule is C[C@@H]1CN(c2ccccn2)CC1NC(=O)OC(C)(C)C. The lowest BCUT2D eigenvalue weighted by atomic mass is 10.1. The first kappa shape index (κ1) is 14.6. The lowest BCUT2D eigenvalue weighted by Crippen LogP contribution is -2.42. The second kappa shape index (κ2) is 5.69. The number of hydrogen-bond donors (Lipinski definition) is 1. The predicted molar refractivity (Wildman–Crippen MR) is 78.8 cm³/mol. The third kappa shape index (κ3) is 3.85. The molecule has 5 nitrogen and oxygen atoms in total. The number of anilines is 1. The van der Waals surface area contributed by atoms with Crippen molar-refractivity contribution in [2.75, 3.05) is 18.0 Å². The molecule has 1 fully saturated rings. The van der Waals surface area contributed by atoms with Gasteiger partial charge < -0.3 is 15.0 Å². The van der Waals surface area contributed by atoms with Crippen LogP contribution < -0.4 is 10.2 Å². The van der Waals surface area contributed by atoms with Crippen molar-refractivity contribution in [3.05, 3.63) is 24.4 Å². The number of nitrogens with one attached hydrogen (secondary N) is 1. The second-order valence-corrected chi connectivity index (χ2v) is 6.32. The van der Waals surface area contributed by atoms with Crippen LogP contribution in [-0.4, -0.2) is 35.8 Å². The minimum Gasteiger partial charge on any atom is -0.444 e. The van der Waals surface area contributed by atoms with Crippen LogP contribution in [0.25, 0.3) is 0 Å². The van der Waals surface area contributed by atoms with Crippen LogP contribution in [0.15, 0.2) is 24.4 Å². The number of pyridine rings is 1. The summed E-state index contributed by atoms with van der Waals surface area (Å²) in [6.45, 7) is 9.38. The highest BCUT2D eigenvalue weighted by Gasteiger charge is 2.32. The molecular formula is C15H23N3O2. The van der Waals surface area contributed by atoms with Gasteiger partial charge in [0.2, 0.25) is 0 Å². The summed E-state index contributed by atoms with van der Waals surface area (Å²) in [5.41, 5.74) is -0.466. The Labute approximate surface area is 120 Å². The fourth-order valence-electron chi connectivity index (χ4n) is 2.34. The van der Waals surface area contributed by atoms with Gasteiger partial charge in [-0.25, -0.2) is 9.78 Å². The van der Waals surface area contributed by atoms with Crippen LogP contribution in [0.3, 0.4) is 0 Å². The summed E-state index contributed by atoms with van der Waals surface area (Å²) in [4.78, 5) is 18.4. The lowest BCUT2D eigenvalue weighted by Gasteiger charge is -2.23. The molecule has 5 heteroatoms. The number of ether oxygens (including phenoxy) is 1. The fourth-order valence-corrected chi connectivity index (χ4v) is 2.34. The van der Waals surface area contributed by atoms with E-state index in [1.54, 1.807) is 6.20 Å². The highest BCUT2D eigenvalue weighted by Crippen LogP contribution is 2.22. The molecule has 0 spiro atoms. The predicted octanol–water partition coefficient (Wildman–Crippen LogP) is 2.43. The van der Waals surface area contributed by atoms with E-state index in [1.807, 2.05) is 39.0 Å². The van der Waals surface area contributed by atoms with Gasteiger partial charge in [0.15, 0.2) is 0 Å². The topological polar surface area (TPSA) is 54.5 Å². The van der Waals surface area contributed by atoms with Gasteiger partial charge in [-0.3, -0.25) is 0 Å². The van der Waals surface area contributed by atoms with E-state index in [2.05, 4.69) is 22.1 Å². The normalized spacial score (nSPS) is 22.7. The van der Waals surface area contributed by atoms with Gasteiger partial charge in [0, 0.05) is 19.3 Å². The molecule has 0 saturated carbocycles. The van der Waals surface area contributed by atoms with E-state index in [9.17, 15) is 4.79 Å². The Kier molecular flexibility index (Phi) is 4.16. The summed E-state index contributed by atoms with van der Waals surface area (Å²) < 4.78 is 5.30. The molecule has 2 atom stereocenters. The van der Waals surface area contributed by atoms with Crippen molar-refractivity contribution >= 4 is 11.9 Å². The summed E-state index contributed by atoms with van der Waals surface area (Å²) in [5.74, 6) is 1.32. The van der Waals surface area contributed by atoms with Gasteiger partial charge in [0.25, 0.3) is 0 Å². The van der Waals surface area contributed by atoms with Crippen molar-refractivity contribution in [2.24, 2.45) is 5.92 Å². The minimum atomic E-state index is -0.466. The van der Waals surface area contributed by atoms with Gasteiger partial charge in [-0.2, -0.15) is 0 Å². The summed E-state index contributed by atoms with van der Waals surface area (Å²) in [7, 11) is 0. The molecule has 1 aliphatic heterocycles. The number of alkyl carbamates (subject to hydrolysis) is 1. The molecule has 110 valence electrons. The van der Waals surface area contributed by atoms with Gasteiger partial charge in [-0.1, -0.05) is 13.0 Å². The van der Waals surface area contributed by atoms with Crippen molar-refractivity contribution < 1.29 is 9.53 Å². The second-order valence-electron chi connectivity index (χ2n) is 6.32. The third-order valence-electron chi connectivity index (χ3n) is 3.29. The van der Waals surface area contributed by atoms with E-state index in [0.29, 0.717) is 5.92 Å². The molecular weight excluding hydrogens is 254 g/mol. The molecule has 1 aromatic rings. The lowest BCUT2D eigenvalue weighted by molar-refractivity contribution is 0.0499. The molecule has 0 bridgehead atoms. The number of rotatable bonds is 2. The zero-order chi connectivity index (χ0) is 14.8. The molecule has 2 heterocycles. The van der Waals surface area contributed by atoms with Gasteiger partial charge in [-0.05, 0) is 38.8 Å². The zero-order valence-electron chi connectivity index (χ0n) is 12.6. The number of hydrogen-bond acceptors (Lipinski definition) is 4. The quantitative estimate of drug-likeness (QED) is 0.902. The molecule has 0 radical (unpaired) electrons. The Hall–Kier alpha value is -1.78. The first-order chi connectivity index (χ1) is 9.35. The summed E-state index contributed by atoms with van der Waals surface area (Å²) >= 11 is 0. The maximum absolute atomic E-state index is 11.8. The fraction of sp³-hybridized carbons (Fsp3) is 0.600. The van der Waals surface area contributed by atoms with Crippen molar-refractivity contribution in [3.63, 3.8) is 0 Å². The number of amides is 1. The zero-order valence-corrected chi connectivity index (χ0v) is 12.6. The number of nitrogens with zero attached hydrogens (tertiary/aromatic N) is 2. The monoisotopic (exact) mass is 277 g/mol. The van der Waals surface area contributed by atoms with Crippen molar-refractivity contribution in [2.45, 2.75) is 39.3 Å². The van der Waals surface area contributed by atoms with E-state index in [0.717, 1.165) is 18.9 Å². The average Bonchev–Trinajstić information content (AvgIpc) is 2.70. The van der Waals surface area contributed by atoms with E-state index >= 15 is 0 Å². The molecule has 1 saturated heterocycles. The van der Waals surface area contributed by atoms with Gasteiger partial charge >= 0.3 is 6.09 Å². The molecule has 2 rings (SSSR count). The molecule has 1 unspecified atom stereocenters. The molecule has 1 aromatic heterocycles. The van der Waals surface area contributed by atoms with E-state index in [1.165, 1.54) is 0 Å². The number of carbonyl (C=O) groups excluding carboxylic acids is 1. The van der Waals surface area contributed by atoms with Crippen LogP contribution in [-0.2, 0) is 4.74 Å². The smallest absolute Gasteiger partial charge is 0.407 e. The molecule has 0 aliphatic carbocycles. The van der Waals surface area contributed by atoms with Crippen LogP contribution in [0.1, 0.15) is 27.7 Å². The summed E-state index contributed by atoms with van der Waals surface area (Å²) in [5, 5.41) is 2.95. The summed E-state index contributed by atoms with van der Waals surface area (Å²) in [6.07, 6.45) is 1.44. The number of carbonyl (C=O) groups is 1. The van der Waals surface area contributed by atoms with E-state index in [4.69, 9.17) is 4.74 Å². The average molecular weight is 277 g/mol. The minimum absolute atomic E-state index is 0.0897. The highest BCUT2D eigenvalue weighted by molar-refractivity contribution is 5.68. The molecule has 20 heavy (non-hydrogen) atoms. The van der Waals surface area contributed by atoms with Crippen LogP contribution in [0.4, 0.5) is 10.6 Å². The maximum atomic E-state index is 11.8. The largest absolute Gasteiger partial charge is 0.444 e. The van der Waals surface area contributed by atoms with Crippen molar-refractivity contribution in [1.29, 1.82) is 0 Å². The first-order valence-corrected chi connectivity index (χ1v) is 7.00. The first-order valence-electron chi connectivity index (χ1n) is 7.00. The van der Waals surface area contributed by atoms with Gasteiger partial charge in [0.05, 0.1) is 6.04 Å². The Morgan fingerprint density at radius 3 is 2.75 bits per heavy atom. The molecule has 0 aromatic carbocycles. The molecule has 1 aliphatic rings. The highest BCUT2D eigenvalue weighted by atomic mass is 16.6. The van der Waals surface area contributed by atoms with Crippen LogP contribution in [0.2, 0.25) is 0 Å². The van der Waals surface area contributed by atoms with Gasteiger partial charge in [-0.15, -0.1) is 0 Å². The van der Waals surface area contributed by atoms with E-state index in [-0.39, 0.29) is 12.1 Å². The molecule has 1 N–H and O–H groups in total. The van der Waals surface area contributed by atoms with Crippen molar-refractivity contribution in [3.8, 4) is 0 Å². The number of aromatic nitrogens is 1. The van der Waals surface area contributed by atoms with E-state index < -0.39 is 5.60 Å². The maximum Gasteiger partial charge on any atom is 0.407 e. The Morgan fingerprint density at radius 1 is 1.40 bits per heavy atom. The van der Waals surface area contributed by atoms with Crippen LogP contribution >= 0.6 is 0 Å². The Bertz CT molecular complexity index is 456. The Balaban J connectivity index is 1.93. The van der Waals surface area contributed by atoms with Crippen LogP contribution in [0.5, 0.6) is 0 Å². The van der Waals surface area contributed by atoms with Crippen LogP contribution in [0, 0.1) is 5.92 Å². The summed E-state index contributed by atoms with van der Waals surface area (Å²) in [6, 6.07) is 5.95.